The van der Waals surface area contributed by atoms with Gasteiger partial charge in [-0.05, 0) is 50.8 Å². The number of nitrogens with one attached hydrogen (secondary N) is 2. The zero-order valence-electron chi connectivity index (χ0n) is 23.7. The lowest BCUT2D eigenvalue weighted by Gasteiger charge is -2.39. The van der Waals surface area contributed by atoms with E-state index in [1.54, 1.807) is 32.0 Å². The summed E-state index contributed by atoms with van der Waals surface area (Å²) in [5.74, 6) is -2.22. The Bertz CT molecular complexity index is 1170. The molecule has 4 atom stereocenters. The average Bonchev–Trinajstić information content (AvgIpc) is 3.43. The minimum Gasteiger partial charge on any atom is -0.496 e. The molecular weight excluding hydrogens is 518 g/mol. The molecule has 40 heavy (non-hydrogen) atoms. The Morgan fingerprint density at radius 1 is 1.15 bits per heavy atom. The van der Waals surface area contributed by atoms with Gasteiger partial charge in [0.25, 0.3) is 5.89 Å². The van der Waals surface area contributed by atoms with Crippen molar-refractivity contribution in [3.8, 4) is 17.2 Å². The molecule has 0 saturated carbocycles. The molecule has 2 heterocycles. The number of carbonyl (C=O) groups excluding carboxylic acids is 3. The van der Waals surface area contributed by atoms with E-state index in [-0.39, 0.29) is 42.6 Å². The van der Waals surface area contributed by atoms with Crippen LogP contribution in [0, 0.1) is 5.92 Å². The van der Waals surface area contributed by atoms with Crippen LogP contribution in [0.3, 0.4) is 0 Å². The second-order valence-electron chi connectivity index (χ2n) is 10.7. The molecule has 1 fully saturated rings. The number of likely N-dealkylation sites (tertiary alicyclic amines) is 1. The Morgan fingerprint density at radius 3 is 2.42 bits per heavy atom. The largest absolute Gasteiger partial charge is 0.496 e. The molecule has 4 unspecified atom stereocenters. The smallest absolute Gasteiger partial charge is 0.305 e. The lowest BCUT2D eigenvalue weighted by Crippen LogP contribution is -2.56. The van der Waals surface area contributed by atoms with Gasteiger partial charge >= 0.3 is 5.97 Å². The first-order chi connectivity index (χ1) is 19.0. The van der Waals surface area contributed by atoms with Crippen LogP contribution in [0.25, 0.3) is 11.5 Å². The molecular formula is C28H39N5O7. The van der Waals surface area contributed by atoms with Gasteiger partial charge in [-0.2, -0.15) is 4.98 Å². The molecule has 12 nitrogen and oxygen atoms in total. The number of carboxylic acids is 1. The van der Waals surface area contributed by atoms with Crippen molar-refractivity contribution in [3.05, 3.63) is 30.1 Å². The van der Waals surface area contributed by atoms with E-state index in [1.165, 1.54) is 13.4 Å². The third kappa shape index (κ3) is 8.10. The van der Waals surface area contributed by atoms with Crippen molar-refractivity contribution in [2.75, 3.05) is 13.7 Å². The number of amides is 2. The summed E-state index contributed by atoms with van der Waals surface area (Å²) in [4.78, 5) is 57.2. The second kappa shape index (κ2) is 14.0. The quantitative estimate of drug-likeness (QED) is 0.333. The minimum absolute atomic E-state index is 0.0510. The summed E-state index contributed by atoms with van der Waals surface area (Å²) in [5.41, 5.74) is 1.15. The number of Topliss-reactive ketones (excluding diaryl/α,β-unsaturated/α-hetero) is 1. The maximum atomic E-state index is 13.3. The zero-order valence-corrected chi connectivity index (χ0v) is 23.7. The molecule has 1 aromatic heterocycles. The van der Waals surface area contributed by atoms with Gasteiger partial charge in [0.2, 0.25) is 11.8 Å². The van der Waals surface area contributed by atoms with E-state index in [4.69, 9.17) is 9.26 Å². The number of carboxylic acid groups (broad SMARTS) is 1. The molecule has 1 aliphatic heterocycles. The van der Waals surface area contributed by atoms with Crippen molar-refractivity contribution in [1.82, 2.24) is 25.7 Å². The van der Waals surface area contributed by atoms with Gasteiger partial charge in [-0.25, -0.2) is 0 Å². The van der Waals surface area contributed by atoms with E-state index in [2.05, 4.69) is 25.7 Å². The van der Waals surface area contributed by atoms with Gasteiger partial charge in [0, 0.05) is 23.2 Å². The summed E-state index contributed by atoms with van der Waals surface area (Å²) in [6.07, 6.45) is 3.61. The summed E-state index contributed by atoms with van der Waals surface area (Å²) >= 11 is 0. The Kier molecular flexibility index (Phi) is 10.8. The van der Waals surface area contributed by atoms with E-state index in [9.17, 15) is 24.3 Å². The van der Waals surface area contributed by atoms with Crippen LogP contribution < -0.4 is 15.4 Å². The van der Waals surface area contributed by atoms with Crippen LogP contribution in [0.1, 0.15) is 58.9 Å². The predicted molar refractivity (Wildman–Crippen MR) is 145 cm³/mol. The van der Waals surface area contributed by atoms with Gasteiger partial charge < -0.3 is 25.0 Å². The Balaban J connectivity index is 1.71. The van der Waals surface area contributed by atoms with Crippen LogP contribution in [0.5, 0.6) is 5.75 Å². The number of hydrogen-bond donors (Lipinski definition) is 3. The number of aliphatic carboxylic acids is 1. The summed E-state index contributed by atoms with van der Waals surface area (Å²) < 4.78 is 10.5. The maximum absolute atomic E-state index is 13.3. The van der Waals surface area contributed by atoms with Gasteiger partial charge in [-0.15, -0.1) is 0 Å². The first-order valence-electron chi connectivity index (χ1n) is 13.5. The molecule has 2 aromatic rings. The first-order valence-corrected chi connectivity index (χ1v) is 13.5. The van der Waals surface area contributed by atoms with Crippen molar-refractivity contribution in [2.45, 2.75) is 84.0 Å². The highest BCUT2D eigenvalue weighted by Crippen LogP contribution is 2.26. The maximum Gasteiger partial charge on any atom is 0.305 e. The number of methoxy groups -OCH3 is 1. The van der Waals surface area contributed by atoms with Crippen LogP contribution in [0.4, 0.5) is 0 Å². The molecule has 2 amide bonds. The molecule has 3 rings (SSSR count). The normalized spacial score (nSPS) is 19.1. The molecule has 0 aliphatic carbocycles. The van der Waals surface area contributed by atoms with Crippen molar-refractivity contribution in [3.63, 3.8) is 0 Å². The van der Waals surface area contributed by atoms with Crippen molar-refractivity contribution in [2.24, 2.45) is 5.92 Å². The Morgan fingerprint density at radius 2 is 1.85 bits per heavy atom. The lowest BCUT2D eigenvalue weighted by molar-refractivity contribution is -0.141. The van der Waals surface area contributed by atoms with Crippen LogP contribution in [-0.4, -0.2) is 81.5 Å². The number of carbonyl (C=O) groups is 4. The fourth-order valence-electron chi connectivity index (χ4n) is 5.04. The van der Waals surface area contributed by atoms with Crippen molar-refractivity contribution in [1.29, 1.82) is 0 Å². The minimum atomic E-state index is -1.21. The molecule has 0 radical (unpaired) electrons. The van der Waals surface area contributed by atoms with Gasteiger partial charge in [0.05, 0.1) is 32.5 Å². The van der Waals surface area contributed by atoms with Crippen molar-refractivity contribution >= 4 is 23.6 Å². The van der Waals surface area contributed by atoms with Gasteiger partial charge in [0.15, 0.2) is 12.1 Å². The second-order valence-corrected chi connectivity index (χ2v) is 10.7. The third-order valence-corrected chi connectivity index (χ3v) is 7.30. The number of ether oxygens (including phenoxy) is 1. The van der Waals surface area contributed by atoms with Gasteiger partial charge in [-0.1, -0.05) is 25.4 Å². The third-order valence-electron chi connectivity index (χ3n) is 7.30. The fourth-order valence-corrected chi connectivity index (χ4v) is 5.04. The van der Waals surface area contributed by atoms with E-state index >= 15 is 0 Å². The fraction of sp³-hybridized carbons (Fsp3) is 0.571. The summed E-state index contributed by atoms with van der Waals surface area (Å²) in [6.45, 7) is 7.66. The Hall–Kier alpha value is -3.80. The van der Waals surface area contributed by atoms with Crippen molar-refractivity contribution < 1.29 is 33.5 Å². The number of ketones is 1. The highest BCUT2D eigenvalue weighted by molar-refractivity contribution is 5.95. The molecule has 12 heteroatoms. The number of hydrogen-bond acceptors (Lipinski definition) is 9. The molecule has 218 valence electrons. The molecule has 3 N–H and O–H groups in total. The van der Waals surface area contributed by atoms with Gasteiger partial charge in [-0.3, -0.25) is 24.1 Å². The van der Waals surface area contributed by atoms with E-state index in [1.807, 2.05) is 13.8 Å². The Labute approximate surface area is 233 Å². The number of piperidine rings is 1. The molecule has 0 spiro atoms. The van der Waals surface area contributed by atoms with Crippen LogP contribution in [0.15, 0.2) is 29.0 Å². The molecule has 1 aromatic carbocycles. The number of aromatic nitrogens is 2. The monoisotopic (exact) mass is 557 g/mol. The van der Waals surface area contributed by atoms with Crippen LogP contribution in [-0.2, 0) is 25.6 Å². The zero-order chi connectivity index (χ0) is 29.4. The predicted octanol–water partition coefficient (Wildman–Crippen LogP) is 2.22. The number of nitrogens with zero attached hydrogens (tertiary/aromatic N) is 3. The SMILES string of the molecule is COc1ccc(-c2ncno2)cc1CC(=O)NC(C(=O)NC(CC(=O)O)C(=O)CN1C(C)CCCC1C)C(C)C. The summed E-state index contributed by atoms with van der Waals surface area (Å²) in [7, 11) is 1.48. The van der Waals surface area contributed by atoms with E-state index in [0.717, 1.165) is 19.3 Å². The van der Waals surface area contributed by atoms with E-state index < -0.39 is 36.3 Å². The number of rotatable bonds is 13. The highest BCUT2D eigenvalue weighted by atomic mass is 16.5. The van der Waals surface area contributed by atoms with Crippen LogP contribution >= 0.6 is 0 Å². The standard InChI is InChI=1S/C28H39N5O7/c1-16(2)26(32-24(35)12-20-11-19(9-10-23(20)39-5)28-29-15-30-40-28)27(38)31-21(13-25(36)37)22(34)14-33-17(3)7-6-8-18(33)4/h9-11,15-18,21,26H,6-8,12-14H2,1-5H3,(H,31,38)(H,32,35)(H,36,37). The van der Waals surface area contributed by atoms with E-state index in [0.29, 0.717) is 16.9 Å². The highest BCUT2D eigenvalue weighted by Gasteiger charge is 2.33. The van der Waals surface area contributed by atoms with Gasteiger partial charge in [0.1, 0.15) is 11.8 Å². The molecule has 1 saturated heterocycles. The summed E-state index contributed by atoms with van der Waals surface area (Å²) in [5, 5.41) is 18.4. The average molecular weight is 558 g/mol. The lowest BCUT2D eigenvalue weighted by atomic mass is 9.96. The summed E-state index contributed by atoms with van der Waals surface area (Å²) in [6, 6.07) is 3.27. The van der Waals surface area contributed by atoms with Crippen LogP contribution in [0.2, 0.25) is 0 Å². The molecule has 1 aliphatic rings. The first kappa shape index (κ1) is 30.7. The number of benzene rings is 1. The topological polar surface area (TPSA) is 164 Å². The molecule has 0 bridgehead atoms.